The molecule has 1 aliphatic carbocycles. The molecule has 0 radical (unpaired) electrons. The molecule has 2 rings (SSSR count). The van der Waals surface area contributed by atoms with Gasteiger partial charge in [0.25, 0.3) is 0 Å². The van der Waals surface area contributed by atoms with Crippen LogP contribution in [0, 0.1) is 0 Å². The van der Waals surface area contributed by atoms with Crippen molar-refractivity contribution in [2.24, 2.45) is 0 Å². The molecule has 1 aliphatic rings. The number of hydrogen-bond donors (Lipinski definition) is 1. The molecule has 0 spiro atoms. The third kappa shape index (κ3) is 1.82. The number of carbonyl (C=O) groups is 1. The second-order valence-electron chi connectivity index (χ2n) is 4.56. The van der Waals surface area contributed by atoms with Gasteiger partial charge in [-0.1, -0.05) is 12.1 Å². The fraction of sp³-hybridized carbons (Fsp3) is 0.462. The van der Waals surface area contributed by atoms with Gasteiger partial charge in [0, 0.05) is 5.56 Å². The minimum absolute atomic E-state index is 0.0861. The predicted molar refractivity (Wildman–Crippen MR) is 59.0 cm³/mol. The lowest BCUT2D eigenvalue weighted by Crippen LogP contribution is -2.27. The predicted octanol–water partition coefficient (Wildman–Crippen LogP) is 2.43. The van der Waals surface area contributed by atoms with Crippen LogP contribution in [0.25, 0.3) is 0 Å². The number of carbonyl (C=O) groups excluding carboxylic acids is 1. The van der Waals surface area contributed by atoms with Gasteiger partial charge in [-0.25, -0.2) is 0 Å². The van der Waals surface area contributed by atoms with E-state index in [2.05, 4.69) is 0 Å². The number of ketones is 1. The van der Waals surface area contributed by atoms with Gasteiger partial charge in [-0.15, -0.1) is 0 Å². The van der Waals surface area contributed by atoms with Crippen molar-refractivity contribution < 1.29 is 9.90 Å². The Bertz CT molecular complexity index is 405. The van der Waals surface area contributed by atoms with Crippen molar-refractivity contribution in [1.82, 2.24) is 0 Å². The Labute approximate surface area is 89.9 Å². The molecule has 0 unspecified atom stereocenters. The van der Waals surface area contributed by atoms with Crippen molar-refractivity contribution in [2.75, 3.05) is 0 Å². The van der Waals surface area contributed by atoms with Crippen LogP contribution >= 0.6 is 0 Å². The highest BCUT2D eigenvalue weighted by Crippen LogP contribution is 2.35. The van der Waals surface area contributed by atoms with E-state index in [1.54, 1.807) is 13.0 Å². The zero-order valence-corrected chi connectivity index (χ0v) is 9.21. The van der Waals surface area contributed by atoms with Crippen LogP contribution in [-0.4, -0.2) is 10.9 Å². The third-order valence-corrected chi connectivity index (χ3v) is 3.20. The Balaban J connectivity index is 2.50. The summed E-state index contributed by atoms with van der Waals surface area (Å²) in [6.45, 7) is 3.42. The van der Waals surface area contributed by atoms with Crippen LogP contribution in [0.5, 0.6) is 0 Å². The van der Waals surface area contributed by atoms with Gasteiger partial charge < -0.3 is 5.11 Å². The Morgan fingerprint density at radius 1 is 1.47 bits per heavy atom. The van der Waals surface area contributed by atoms with E-state index < -0.39 is 5.60 Å². The third-order valence-electron chi connectivity index (χ3n) is 3.20. The molecule has 2 nitrogen and oxygen atoms in total. The first-order chi connectivity index (χ1) is 7.00. The van der Waals surface area contributed by atoms with Gasteiger partial charge in [-0.2, -0.15) is 0 Å². The first kappa shape index (κ1) is 10.4. The number of aryl methyl sites for hydroxylation is 1. The van der Waals surface area contributed by atoms with Gasteiger partial charge in [-0.3, -0.25) is 4.79 Å². The van der Waals surface area contributed by atoms with E-state index in [1.165, 1.54) is 0 Å². The maximum absolute atomic E-state index is 11.2. The average molecular weight is 204 g/mol. The number of rotatable bonds is 1. The number of aliphatic hydroxyl groups is 1. The zero-order chi connectivity index (χ0) is 11.1. The largest absolute Gasteiger partial charge is 0.385 e. The van der Waals surface area contributed by atoms with E-state index in [9.17, 15) is 9.90 Å². The summed E-state index contributed by atoms with van der Waals surface area (Å²) < 4.78 is 0. The molecule has 15 heavy (non-hydrogen) atoms. The molecule has 1 atom stereocenters. The summed E-state index contributed by atoms with van der Waals surface area (Å²) in [5.41, 5.74) is 2.13. The monoisotopic (exact) mass is 204 g/mol. The zero-order valence-electron chi connectivity index (χ0n) is 9.21. The number of fused-ring (bicyclic) bond motifs is 1. The lowest BCUT2D eigenvalue weighted by atomic mass is 9.79. The standard InChI is InChI=1S/C13H16O2/c1-9(14)10-5-6-12-11(8-10)4-3-7-13(12,2)15/h5-6,8,15H,3-4,7H2,1-2H3/t13-/m1/s1. The normalized spacial score (nSPS) is 24.7. The molecule has 0 aliphatic heterocycles. The fourth-order valence-electron chi connectivity index (χ4n) is 2.30. The second kappa shape index (κ2) is 3.46. The minimum Gasteiger partial charge on any atom is -0.385 e. The van der Waals surface area contributed by atoms with Crippen LogP contribution in [0.2, 0.25) is 0 Å². The molecule has 0 saturated heterocycles. The number of Topliss-reactive ketones (excluding diaryl/α,β-unsaturated/α-hetero) is 1. The second-order valence-corrected chi connectivity index (χ2v) is 4.56. The molecule has 1 aromatic rings. The molecule has 80 valence electrons. The van der Waals surface area contributed by atoms with Gasteiger partial charge in [0.05, 0.1) is 5.60 Å². The molecular formula is C13H16O2. The SMILES string of the molecule is CC(=O)c1ccc2c(c1)CCC[C@@]2(C)O. The van der Waals surface area contributed by atoms with Crippen LogP contribution in [0.3, 0.4) is 0 Å². The molecular weight excluding hydrogens is 188 g/mol. The van der Waals surface area contributed by atoms with Crippen molar-refractivity contribution in [3.63, 3.8) is 0 Å². The maximum atomic E-state index is 11.2. The molecule has 0 saturated carbocycles. The van der Waals surface area contributed by atoms with Crippen molar-refractivity contribution >= 4 is 5.78 Å². The Morgan fingerprint density at radius 2 is 2.20 bits per heavy atom. The quantitative estimate of drug-likeness (QED) is 0.713. The van der Waals surface area contributed by atoms with Crippen molar-refractivity contribution in [3.8, 4) is 0 Å². The van der Waals surface area contributed by atoms with Crippen LogP contribution in [-0.2, 0) is 12.0 Å². The Morgan fingerprint density at radius 3 is 2.87 bits per heavy atom. The minimum atomic E-state index is -0.719. The number of benzene rings is 1. The highest BCUT2D eigenvalue weighted by molar-refractivity contribution is 5.94. The maximum Gasteiger partial charge on any atom is 0.159 e. The van der Waals surface area contributed by atoms with E-state index >= 15 is 0 Å². The van der Waals surface area contributed by atoms with Gasteiger partial charge >= 0.3 is 0 Å². The lowest BCUT2D eigenvalue weighted by molar-refractivity contribution is 0.0386. The molecule has 1 aromatic carbocycles. The molecule has 0 amide bonds. The summed E-state index contributed by atoms with van der Waals surface area (Å²) >= 11 is 0. The van der Waals surface area contributed by atoms with E-state index in [1.807, 2.05) is 19.1 Å². The number of hydrogen-bond acceptors (Lipinski definition) is 2. The van der Waals surface area contributed by atoms with E-state index in [0.717, 1.165) is 36.0 Å². The van der Waals surface area contributed by atoms with Gasteiger partial charge in [-0.05, 0) is 50.3 Å². The topological polar surface area (TPSA) is 37.3 Å². The highest BCUT2D eigenvalue weighted by Gasteiger charge is 2.29. The summed E-state index contributed by atoms with van der Waals surface area (Å²) in [6.07, 6.45) is 2.76. The van der Waals surface area contributed by atoms with Crippen LogP contribution in [0.1, 0.15) is 48.2 Å². The van der Waals surface area contributed by atoms with Crippen LogP contribution in [0.15, 0.2) is 18.2 Å². The average Bonchev–Trinajstić information content (AvgIpc) is 2.16. The highest BCUT2D eigenvalue weighted by atomic mass is 16.3. The van der Waals surface area contributed by atoms with Crippen LogP contribution < -0.4 is 0 Å². The summed E-state index contributed by atoms with van der Waals surface area (Å²) in [4.78, 5) is 11.2. The van der Waals surface area contributed by atoms with Crippen molar-refractivity contribution in [1.29, 1.82) is 0 Å². The lowest BCUT2D eigenvalue weighted by Gasteiger charge is -2.31. The van der Waals surface area contributed by atoms with Gasteiger partial charge in [0.1, 0.15) is 0 Å². The molecule has 0 fully saturated rings. The molecule has 0 heterocycles. The fourth-order valence-corrected chi connectivity index (χ4v) is 2.30. The van der Waals surface area contributed by atoms with E-state index in [-0.39, 0.29) is 5.78 Å². The van der Waals surface area contributed by atoms with Gasteiger partial charge in [0.2, 0.25) is 0 Å². The van der Waals surface area contributed by atoms with Crippen LogP contribution in [0.4, 0.5) is 0 Å². The Hall–Kier alpha value is -1.15. The van der Waals surface area contributed by atoms with Gasteiger partial charge in [0.15, 0.2) is 5.78 Å². The smallest absolute Gasteiger partial charge is 0.159 e. The summed E-state index contributed by atoms with van der Waals surface area (Å²) in [5.74, 6) is 0.0861. The summed E-state index contributed by atoms with van der Waals surface area (Å²) in [5, 5.41) is 10.2. The summed E-state index contributed by atoms with van der Waals surface area (Å²) in [7, 11) is 0. The molecule has 2 heteroatoms. The van der Waals surface area contributed by atoms with E-state index in [4.69, 9.17) is 0 Å². The van der Waals surface area contributed by atoms with Crippen molar-refractivity contribution in [3.05, 3.63) is 34.9 Å². The first-order valence-electron chi connectivity index (χ1n) is 5.37. The van der Waals surface area contributed by atoms with E-state index in [0.29, 0.717) is 0 Å². The molecule has 0 aromatic heterocycles. The molecule has 1 N–H and O–H groups in total. The molecule has 0 bridgehead atoms. The first-order valence-corrected chi connectivity index (χ1v) is 5.37. The van der Waals surface area contributed by atoms with Crippen molar-refractivity contribution in [2.45, 2.75) is 38.7 Å². The Kier molecular flexibility index (Phi) is 2.39. The summed E-state index contributed by atoms with van der Waals surface area (Å²) in [6, 6.07) is 5.62.